The van der Waals surface area contributed by atoms with Crippen LogP contribution in [0.1, 0.15) is 22.6 Å². The maximum atomic E-state index is 11.9. The number of anilines is 1. The number of nitrogens with one attached hydrogen (secondary N) is 2. The highest BCUT2D eigenvalue weighted by atomic mass is 35.5. The van der Waals surface area contributed by atoms with Crippen molar-refractivity contribution in [1.29, 1.82) is 0 Å². The molecule has 2 rings (SSSR count). The molecule has 0 unspecified atom stereocenters. The second-order valence-corrected chi connectivity index (χ2v) is 4.51. The Balaban J connectivity index is 1.84. The summed E-state index contributed by atoms with van der Waals surface area (Å²) in [7, 11) is 0. The zero-order valence-corrected chi connectivity index (χ0v) is 11.1. The molecule has 1 amide bonds. The van der Waals surface area contributed by atoms with Gasteiger partial charge in [0.1, 0.15) is 5.82 Å². The Labute approximate surface area is 116 Å². The lowest BCUT2D eigenvalue weighted by atomic mass is 10.1. The number of carbonyl (C=O) groups excluding carboxylic acids is 1. The average molecular weight is 279 g/mol. The van der Waals surface area contributed by atoms with E-state index in [0.29, 0.717) is 22.8 Å². The Morgan fingerprint density at radius 2 is 2.32 bits per heavy atom. The number of benzene rings is 1. The SMILES string of the molecule is Nc1cccc(Cl)c1C(=O)NCCCc1ncc[nH]1. The summed E-state index contributed by atoms with van der Waals surface area (Å²) in [6.07, 6.45) is 5.06. The minimum absolute atomic E-state index is 0.248. The summed E-state index contributed by atoms with van der Waals surface area (Å²) in [5, 5.41) is 3.16. The van der Waals surface area contributed by atoms with Crippen molar-refractivity contribution in [2.75, 3.05) is 12.3 Å². The predicted octanol–water partition coefficient (Wildman–Crippen LogP) is 2.01. The molecule has 0 saturated heterocycles. The fraction of sp³-hybridized carbons (Fsp3) is 0.231. The van der Waals surface area contributed by atoms with Crippen LogP contribution < -0.4 is 11.1 Å². The maximum Gasteiger partial charge on any atom is 0.254 e. The van der Waals surface area contributed by atoms with Gasteiger partial charge in [-0.2, -0.15) is 0 Å². The van der Waals surface area contributed by atoms with Crippen molar-refractivity contribution in [3.63, 3.8) is 0 Å². The number of aryl methyl sites for hydroxylation is 1. The molecule has 0 spiro atoms. The highest BCUT2D eigenvalue weighted by Crippen LogP contribution is 2.21. The van der Waals surface area contributed by atoms with Gasteiger partial charge in [0.25, 0.3) is 5.91 Å². The van der Waals surface area contributed by atoms with Crippen LogP contribution in [0.2, 0.25) is 5.02 Å². The van der Waals surface area contributed by atoms with Crippen molar-refractivity contribution in [3.8, 4) is 0 Å². The fourth-order valence-corrected chi connectivity index (χ4v) is 2.03. The summed E-state index contributed by atoms with van der Waals surface area (Å²) in [6.45, 7) is 0.546. The van der Waals surface area contributed by atoms with Crippen LogP contribution in [0.4, 0.5) is 5.69 Å². The Morgan fingerprint density at radius 1 is 1.47 bits per heavy atom. The van der Waals surface area contributed by atoms with Crippen LogP contribution in [-0.2, 0) is 6.42 Å². The number of halogens is 1. The number of hydrogen-bond acceptors (Lipinski definition) is 3. The highest BCUT2D eigenvalue weighted by Gasteiger charge is 2.12. The topological polar surface area (TPSA) is 83.8 Å². The van der Waals surface area contributed by atoms with Gasteiger partial charge < -0.3 is 16.0 Å². The molecule has 5 nitrogen and oxygen atoms in total. The third-order valence-corrected chi connectivity index (χ3v) is 3.02. The molecular weight excluding hydrogens is 264 g/mol. The largest absolute Gasteiger partial charge is 0.398 e. The number of aromatic amines is 1. The molecule has 0 bridgehead atoms. The number of aromatic nitrogens is 2. The van der Waals surface area contributed by atoms with Crippen molar-refractivity contribution in [3.05, 3.63) is 47.0 Å². The van der Waals surface area contributed by atoms with Crippen LogP contribution in [0.5, 0.6) is 0 Å². The Kier molecular flexibility index (Phi) is 4.41. The molecule has 0 fully saturated rings. The lowest BCUT2D eigenvalue weighted by molar-refractivity contribution is 0.0954. The van der Waals surface area contributed by atoms with E-state index < -0.39 is 0 Å². The molecule has 1 aromatic heterocycles. The van der Waals surface area contributed by atoms with Gasteiger partial charge in [0.2, 0.25) is 0 Å². The Bertz CT molecular complexity index is 534. The second kappa shape index (κ2) is 6.24. The molecule has 19 heavy (non-hydrogen) atoms. The molecule has 0 aliphatic rings. The number of hydrogen-bond donors (Lipinski definition) is 3. The highest BCUT2D eigenvalue weighted by molar-refractivity contribution is 6.34. The zero-order chi connectivity index (χ0) is 13.7. The van der Waals surface area contributed by atoms with Crippen molar-refractivity contribution in [2.45, 2.75) is 12.8 Å². The number of nitrogen functional groups attached to an aromatic ring is 1. The maximum absolute atomic E-state index is 11.9. The molecule has 0 atom stereocenters. The summed E-state index contributed by atoms with van der Waals surface area (Å²) in [6, 6.07) is 5.02. The molecule has 100 valence electrons. The summed E-state index contributed by atoms with van der Waals surface area (Å²) in [4.78, 5) is 19.1. The van der Waals surface area contributed by atoms with Crippen molar-refractivity contribution < 1.29 is 4.79 Å². The third kappa shape index (κ3) is 3.48. The van der Waals surface area contributed by atoms with E-state index in [-0.39, 0.29) is 5.91 Å². The van der Waals surface area contributed by atoms with E-state index in [1.807, 2.05) is 0 Å². The van der Waals surface area contributed by atoms with Gasteiger partial charge >= 0.3 is 0 Å². The van der Waals surface area contributed by atoms with Gasteiger partial charge in [-0.1, -0.05) is 17.7 Å². The summed E-state index contributed by atoms with van der Waals surface area (Å²) >= 11 is 5.96. The quantitative estimate of drug-likeness (QED) is 0.578. The number of imidazole rings is 1. The Hall–Kier alpha value is -2.01. The molecule has 0 radical (unpaired) electrons. The number of H-pyrrole nitrogens is 1. The van der Waals surface area contributed by atoms with Gasteiger partial charge in [0.15, 0.2) is 0 Å². The first kappa shape index (κ1) is 13.4. The van der Waals surface area contributed by atoms with Crippen LogP contribution in [0.3, 0.4) is 0 Å². The number of nitrogens with two attached hydrogens (primary N) is 1. The van der Waals surface area contributed by atoms with E-state index in [1.165, 1.54) is 0 Å². The van der Waals surface area contributed by atoms with Gasteiger partial charge in [0, 0.05) is 31.0 Å². The molecule has 0 saturated carbocycles. The number of rotatable bonds is 5. The zero-order valence-electron chi connectivity index (χ0n) is 10.3. The number of amides is 1. The first-order chi connectivity index (χ1) is 9.18. The fourth-order valence-electron chi connectivity index (χ4n) is 1.76. The average Bonchev–Trinajstić information content (AvgIpc) is 2.87. The third-order valence-electron chi connectivity index (χ3n) is 2.70. The second-order valence-electron chi connectivity index (χ2n) is 4.10. The summed E-state index contributed by atoms with van der Waals surface area (Å²) < 4.78 is 0. The minimum Gasteiger partial charge on any atom is -0.398 e. The minimum atomic E-state index is -0.248. The van der Waals surface area contributed by atoms with Gasteiger partial charge in [-0.15, -0.1) is 0 Å². The summed E-state index contributed by atoms with van der Waals surface area (Å²) in [5.74, 6) is 0.661. The molecule has 0 aliphatic heterocycles. The molecule has 1 aromatic carbocycles. The number of nitrogens with zero attached hydrogens (tertiary/aromatic N) is 1. The predicted molar refractivity (Wildman–Crippen MR) is 75.1 cm³/mol. The Morgan fingerprint density at radius 3 is 3.00 bits per heavy atom. The van der Waals surface area contributed by atoms with E-state index in [1.54, 1.807) is 30.6 Å². The smallest absolute Gasteiger partial charge is 0.254 e. The van der Waals surface area contributed by atoms with Crippen LogP contribution in [0.15, 0.2) is 30.6 Å². The number of carbonyl (C=O) groups is 1. The van der Waals surface area contributed by atoms with E-state index in [9.17, 15) is 4.79 Å². The first-order valence-electron chi connectivity index (χ1n) is 5.99. The van der Waals surface area contributed by atoms with E-state index in [2.05, 4.69) is 15.3 Å². The molecule has 1 heterocycles. The molecule has 2 aromatic rings. The first-order valence-corrected chi connectivity index (χ1v) is 6.36. The van der Waals surface area contributed by atoms with Crippen molar-refractivity contribution in [2.24, 2.45) is 0 Å². The van der Waals surface area contributed by atoms with E-state index in [0.717, 1.165) is 18.7 Å². The van der Waals surface area contributed by atoms with Crippen LogP contribution >= 0.6 is 11.6 Å². The lowest BCUT2D eigenvalue weighted by Crippen LogP contribution is -2.26. The van der Waals surface area contributed by atoms with Crippen LogP contribution in [-0.4, -0.2) is 22.4 Å². The molecule has 4 N–H and O–H groups in total. The van der Waals surface area contributed by atoms with Gasteiger partial charge in [-0.25, -0.2) is 4.98 Å². The van der Waals surface area contributed by atoms with E-state index >= 15 is 0 Å². The standard InChI is InChI=1S/C13H15ClN4O/c14-9-3-1-4-10(15)12(9)13(19)18-6-2-5-11-16-7-8-17-11/h1,3-4,7-8H,2,5-6,15H2,(H,16,17)(H,18,19). The van der Waals surface area contributed by atoms with Crippen LogP contribution in [0.25, 0.3) is 0 Å². The normalized spacial score (nSPS) is 10.4. The lowest BCUT2D eigenvalue weighted by Gasteiger charge is -2.08. The van der Waals surface area contributed by atoms with Crippen molar-refractivity contribution >= 4 is 23.2 Å². The van der Waals surface area contributed by atoms with Gasteiger partial charge in [-0.3, -0.25) is 4.79 Å². The van der Waals surface area contributed by atoms with Gasteiger partial charge in [-0.05, 0) is 18.6 Å². The molecule has 0 aliphatic carbocycles. The molecule has 6 heteroatoms. The van der Waals surface area contributed by atoms with E-state index in [4.69, 9.17) is 17.3 Å². The monoisotopic (exact) mass is 278 g/mol. The van der Waals surface area contributed by atoms with Gasteiger partial charge in [0.05, 0.1) is 10.6 Å². The molecular formula is C13H15ClN4O. The van der Waals surface area contributed by atoms with Crippen molar-refractivity contribution in [1.82, 2.24) is 15.3 Å². The summed E-state index contributed by atoms with van der Waals surface area (Å²) in [5.41, 5.74) is 6.46. The van der Waals surface area contributed by atoms with Crippen LogP contribution in [0, 0.1) is 0 Å².